The molecule has 8 nitrogen and oxygen atoms in total. The van der Waals surface area contributed by atoms with Crippen LogP contribution in [0, 0.1) is 11.7 Å². The molecule has 4 atom stereocenters. The summed E-state index contributed by atoms with van der Waals surface area (Å²) in [5, 5.41) is 32.3. The van der Waals surface area contributed by atoms with E-state index in [-0.39, 0.29) is 10.5 Å². The molecule has 0 saturated carbocycles. The van der Waals surface area contributed by atoms with Gasteiger partial charge in [-0.25, -0.2) is 4.68 Å². The first-order valence-corrected chi connectivity index (χ1v) is 5.68. The van der Waals surface area contributed by atoms with E-state index in [0.29, 0.717) is 0 Å². The zero-order chi connectivity index (χ0) is 13.4. The molecule has 1 aromatic heterocycles. The van der Waals surface area contributed by atoms with Gasteiger partial charge in [0.2, 0.25) is 0 Å². The van der Waals surface area contributed by atoms with Crippen LogP contribution in [0.5, 0.6) is 0 Å². The van der Waals surface area contributed by atoms with E-state index in [1.54, 1.807) is 0 Å². The lowest BCUT2D eigenvalue weighted by molar-refractivity contribution is -0.0609. The van der Waals surface area contributed by atoms with Crippen LogP contribution in [0.25, 0.3) is 0 Å². The Kier molecular flexibility index (Phi) is 3.59. The molecule has 18 heavy (non-hydrogen) atoms. The van der Waals surface area contributed by atoms with Gasteiger partial charge < -0.3 is 20.1 Å². The second-order valence-electron chi connectivity index (χ2n) is 4.02. The van der Waals surface area contributed by atoms with E-state index < -0.39 is 36.7 Å². The minimum Gasteiger partial charge on any atom is -0.394 e. The summed E-state index contributed by atoms with van der Waals surface area (Å²) in [6, 6.07) is 0. The average Bonchev–Trinajstić information content (AvgIpc) is 2.61. The lowest BCUT2D eigenvalue weighted by atomic mass is 10.1. The molecule has 1 aliphatic rings. The Hall–Kier alpha value is -1.13. The summed E-state index contributed by atoms with van der Waals surface area (Å²) in [6.45, 7) is 1.04. The van der Waals surface area contributed by atoms with Crippen molar-refractivity contribution in [1.82, 2.24) is 14.8 Å². The number of hydrogen-bond donors (Lipinski definition) is 4. The van der Waals surface area contributed by atoms with Crippen molar-refractivity contribution in [3.63, 3.8) is 0 Å². The van der Waals surface area contributed by atoms with E-state index in [2.05, 4.69) is 10.1 Å². The third-order valence-electron chi connectivity index (χ3n) is 2.77. The number of aliphatic hydroxyl groups is 3. The van der Waals surface area contributed by atoms with E-state index >= 15 is 0 Å². The van der Waals surface area contributed by atoms with Crippen molar-refractivity contribution in [2.75, 3.05) is 6.61 Å². The predicted octanol–water partition coefficient (Wildman–Crippen LogP) is -1.78. The SMILES string of the molecule is Cc1nn([C@@H]2O[C@H](CO)[C@@H](O)[C@H]2O)c(=S)[nH]c1=O. The van der Waals surface area contributed by atoms with Gasteiger partial charge in [0.25, 0.3) is 5.56 Å². The van der Waals surface area contributed by atoms with E-state index in [1.165, 1.54) is 6.92 Å². The summed E-state index contributed by atoms with van der Waals surface area (Å²) < 4.78 is 6.34. The maximum atomic E-state index is 11.3. The molecule has 4 N–H and O–H groups in total. The smallest absolute Gasteiger partial charge is 0.273 e. The zero-order valence-corrected chi connectivity index (χ0v) is 10.3. The third-order valence-corrected chi connectivity index (χ3v) is 3.06. The van der Waals surface area contributed by atoms with Crippen LogP contribution < -0.4 is 5.56 Å². The Morgan fingerprint density at radius 1 is 1.50 bits per heavy atom. The van der Waals surface area contributed by atoms with E-state index in [9.17, 15) is 15.0 Å². The van der Waals surface area contributed by atoms with Gasteiger partial charge in [-0.15, -0.1) is 0 Å². The van der Waals surface area contributed by atoms with Crippen LogP contribution in [0.2, 0.25) is 0 Å². The number of hydrogen-bond acceptors (Lipinski definition) is 7. The molecule has 0 amide bonds. The van der Waals surface area contributed by atoms with Gasteiger partial charge in [0.05, 0.1) is 6.61 Å². The van der Waals surface area contributed by atoms with Crippen molar-refractivity contribution in [1.29, 1.82) is 0 Å². The Morgan fingerprint density at radius 3 is 2.72 bits per heavy atom. The number of ether oxygens (including phenoxy) is 1. The summed E-state index contributed by atoms with van der Waals surface area (Å²) in [5.41, 5.74) is -0.274. The van der Waals surface area contributed by atoms with Gasteiger partial charge in [-0.2, -0.15) is 5.10 Å². The van der Waals surface area contributed by atoms with E-state index in [1.807, 2.05) is 0 Å². The molecule has 0 unspecified atom stereocenters. The minimum atomic E-state index is -1.29. The van der Waals surface area contributed by atoms with Gasteiger partial charge in [-0.05, 0) is 19.1 Å². The molecule has 0 aromatic carbocycles. The number of aliphatic hydroxyl groups excluding tert-OH is 3. The highest BCUT2D eigenvalue weighted by atomic mass is 32.1. The van der Waals surface area contributed by atoms with Crippen LogP contribution in [-0.2, 0) is 4.74 Å². The lowest BCUT2D eigenvalue weighted by Crippen LogP contribution is -2.34. The monoisotopic (exact) mass is 275 g/mol. The Morgan fingerprint density at radius 2 is 2.17 bits per heavy atom. The Balaban J connectivity index is 2.42. The number of aromatic nitrogens is 3. The molecule has 1 fully saturated rings. The highest BCUT2D eigenvalue weighted by Gasteiger charge is 2.44. The standard InChI is InChI=1S/C9H13N3O5S/c1-3-7(16)10-9(18)12(11-3)8-6(15)5(14)4(2-13)17-8/h4-6,8,13-15H,2H2,1H3,(H,10,16,18)/t4-,5-,6-,8-/m1/s1. The van der Waals surface area contributed by atoms with Crippen molar-refractivity contribution in [3.8, 4) is 0 Å². The molecule has 0 radical (unpaired) electrons. The number of rotatable bonds is 2. The van der Waals surface area contributed by atoms with Crippen molar-refractivity contribution in [3.05, 3.63) is 20.8 Å². The van der Waals surface area contributed by atoms with Gasteiger partial charge in [0.1, 0.15) is 24.0 Å². The number of aryl methyl sites for hydroxylation is 1. The van der Waals surface area contributed by atoms with Crippen molar-refractivity contribution in [2.45, 2.75) is 31.5 Å². The second kappa shape index (κ2) is 4.86. The molecule has 0 aliphatic carbocycles. The van der Waals surface area contributed by atoms with Gasteiger partial charge in [-0.1, -0.05) is 0 Å². The number of aromatic amines is 1. The van der Waals surface area contributed by atoms with Gasteiger partial charge in [0.15, 0.2) is 11.0 Å². The van der Waals surface area contributed by atoms with Crippen LogP contribution in [0.4, 0.5) is 0 Å². The Bertz CT molecular complexity index is 556. The largest absolute Gasteiger partial charge is 0.394 e. The van der Waals surface area contributed by atoms with Crippen LogP contribution in [0.15, 0.2) is 4.79 Å². The summed E-state index contributed by atoms with van der Waals surface area (Å²) in [6.07, 6.45) is -4.48. The lowest BCUT2D eigenvalue weighted by Gasteiger charge is -2.17. The first-order chi connectivity index (χ1) is 8.45. The molecular weight excluding hydrogens is 262 g/mol. The molecule has 1 aromatic rings. The Labute approximate surface area is 106 Å². The van der Waals surface area contributed by atoms with Crippen molar-refractivity contribution in [2.24, 2.45) is 0 Å². The average molecular weight is 275 g/mol. The predicted molar refractivity (Wildman–Crippen MR) is 61.4 cm³/mol. The molecule has 9 heteroatoms. The summed E-state index contributed by atoms with van der Waals surface area (Å²) in [7, 11) is 0. The molecule has 1 saturated heterocycles. The normalized spacial score (nSPS) is 31.8. The minimum absolute atomic E-state index is 0.0274. The van der Waals surface area contributed by atoms with E-state index in [4.69, 9.17) is 22.1 Å². The molecule has 0 spiro atoms. The third kappa shape index (κ3) is 2.10. The summed E-state index contributed by atoms with van der Waals surface area (Å²) in [4.78, 5) is 13.7. The molecule has 0 bridgehead atoms. The molecule has 1 aliphatic heterocycles. The fourth-order valence-electron chi connectivity index (χ4n) is 1.75. The van der Waals surface area contributed by atoms with Crippen LogP contribution in [0.1, 0.15) is 11.9 Å². The van der Waals surface area contributed by atoms with Gasteiger partial charge >= 0.3 is 0 Å². The second-order valence-corrected chi connectivity index (χ2v) is 4.40. The van der Waals surface area contributed by atoms with Crippen LogP contribution in [0.3, 0.4) is 0 Å². The maximum absolute atomic E-state index is 11.3. The number of nitrogens with zero attached hydrogens (tertiary/aromatic N) is 2. The number of nitrogens with one attached hydrogen (secondary N) is 1. The number of H-pyrrole nitrogens is 1. The maximum Gasteiger partial charge on any atom is 0.273 e. The van der Waals surface area contributed by atoms with E-state index in [0.717, 1.165) is 4.68 Å². The molecule has 2 rings (SSSR count). The van der Waals surface area contributed by atoms with Crippen LogP contribution >= 0.6 is 12.2 Å². The van der Waals surface area contributed by atoms with Crippen molar-refractivity contribution < 1.29 is 20.1 Å². The van der Waals surface area contributed by atoms with Gasteiger partial charge in [0, 0.05) is 0 Å². The molecule has 2 heterocycles. The van der Waals surface area contributed by atoms with Gasteiger partial charge in [-0.3, -0.25) is 9.78 Å². The topological polar surface area (TPSA) is 121 Å². The van der Waals surface area contributed by atoms with Crippen molar-refractivity contribution >= 4 is 12.2 Å². The highest BCUT2D eigenvalue weighted by Crippen LogP contribution is 2.28. The zero-order valence-electron chi connectivity index (χ0n) is 9.48. The molecule has 100 valence electrons. The van der Waals surface area contributed by atoms with Crippen LogP contribution in [-0.4, -0.2) is 55.0 Å². The summed E-state index contributed by atoms with van der Waals surface area (Å²) >= 11 is 4.91. The first kappa shape index (κ1) is 13.3. The fraction of sp³-hybridized carbons (Fsp3) is 0.667. The molecular formula is C9H13N3O5S. The first-order valence-electron chi connectivity index (χ1n) is 5.28. The quantitative estimate of drug-likeness (QED) is 0.471. The summed E-state index contributed by atoms with van der Waals surface area (Å²) in [5.74, 6) is 0. The highest BCUT2D eigenvalue weighted by molar-refractivity contribution is 7.71. The fourth-order valence-corrected chi connectivity index (χ4v) is 1.99.